The third-order valence-corrected chi connectivity index (χ3v) is 4.80. The minimum absolute atomic E-state index is 0.184. The molecule has 1 amide bonds. The molecule has 0 aliphatic carbocycles. The number of aromatic nitrogens is 1. The van der Waals surface area contributed by atoms with Crippen LogP contribution in [0.4, 0.5) is 15.8 Å². The van der Waals surface area contributed by atoms with Crippen LogP contribution in [0.3, 0.4) is 0 Å². The van der Waals surface area contributed by atoms with E-state index >= 15 is 0 Å². The summed E-state index contributed by atoms with van der Waals surface area (Å²) in [7, 11) is 1.59. The zero-order valence-electron chi connectivity index (χ0n) is 16.6. The monoisotopic (exact) mass is 404 g/mol. The van der Waals surface area contributed by atoms with Crippen molar-refractivity contribution in [2.75, 3.05) is 17.7 Å². The molecule has 0 fully saturated rings. The van der Waals surface area contributed by atoms with Gasteiger partial charge in [0.2, 0.25) is 0 Å². The molecule has 0 unspecified atom stereocenters. The maximum absolute atomic E-state index is 13.1. The van der Waals surface area contributed by atoms with E-state index in [1.54, 1.807) is 37.6 Å². The van der Waals surface area contributed by atoms with Gasteiger partial charge in [0.1, 0.15) is 11.6 Å². The first-order valence-corrected chi connectivity index (χ1v) is 9.45. The van der Waals surface area contributed by atoms with E-state index in [2.05, 4.69) is 20.6 Å². The van der Waals surface area contributed by atoms with Gasteiger partial charge in [-0.05, 0) is 48.9 Å². The first-order chi connectivity index (χ1) is 14.5. The number of fused-ring (bicyclic) bond motifs is 1. The molecule has 1 aliphatic rings. The van der Waals surface area contributed by atoms with Crippen molar-refractivity contribution in [1.29, 1.82) is 0 Å². The van der Waals surface area contributed by atoms with Gasteiger partial charge in [0.25, 0.3) is 5.91 Å². The summed E-state index contributed by atoms with van der Waals surface area (Å²) in [5, 5.41) is 6.18. The number of amidine groups is 1. The number of aliphatic imine (C=N–C) groups is 1. The maximum atomic E-state index is 13.1. The summed E-state index contributed by atoms with van der Waals surface area (Å²) in [6, 6.07) is 13.7. The number of nitrogens with zero attached hydrogens (tertiary/aromatic N) is 1. The van der Waals surface area contributed by atoms with Gasteiger partial charge in [0.05, 0.1) is 36.4 Å². The molecule has 0 spiro atoms. The van der Waals surface area contributed by atoms with Crippen LogP contribution in [0.1, 0.15) is 23.7 Å². The van der Waals surface area contributed by atoms with Crippen molar-refractivity contribution in [3.05, 3.63) is 77.4 Å². The second kappa shape index (κ2) is 8.24. The Balaban J connectivity index is 1.62. The van der Waals surface area contributed by atoms with Crippen molar-refractivity contribution in [2.45, 2.75) is 13.5 Å². The number of ether oxygens (including phenoxy) is 1. The SMILES string of the molecule is COc1cc[nH]c1/C=C1\C(=O)Nc2cccc(NC(C)=NCc3ccc(F)cc3)c21. The number of benzene rings is 2. The summed E-state index contributed by atoms with van der Waals surface area (Å²) in [4.78, 5) is 20.2. The molecule has 0 bridgehead atoms. The minimum atomic E-state index is -0.271. The van der Waals surface area contributed by atoms with Crippen molar-refractivity contribution in [3.8, 4) is 5.75 Å². The molecule has 0 radical (unpaired) electrons. The van der Waals surface area contributed by atoms with Gasteiger partial charge < -0.3 is 20.4 Å². The van der Waals surface area contributed by atoms with Crippen LogP contribution in [0.15, 0.2) is 59.7 Å². The van der Waals surface area contributed by atoms with Gasteiger partial charge in [-0.3, -0.25) is 9.79 Å². The van der Waals surface area contributed by atoms with E-state index in [-0.39, 0.29) is 11.7 Å². The molecule has 3 N–H and O–H groups in total. The molecule has 6 nitrogen and oxygen atoms in total. The lowest BCUT2D eigenvalue weighted by molar-refractivity contribution is -0.110. The second-order valence-corrected chi connectivity index (χ2v) is 6.85. The summed E-state index contributed by atoms with van der Waals surface area (Å²) in [6.45, 7) is 2.28. The number of H-pyrrole nitrogens is 1. The minimum Gasteiger partial charge on any atom is -0.495 e. The Bertz CT molecular complexity index is 1150. The largest absolute Gasteiger partial charge is 0.495 e. The summed E-state index contributed by atoms with van der Waals surface area (Å²) < 4.78 is 18.4. The van der Waals surface area contributed by atoms with E-state index in [0.29, 0.717) is 29.4 Å². The zero-order chi connectivity index (χ0) is 21.1. The second-order valence-electron chi connectivity index (χ2n) is 6.85. The lowest BCUT2D eigenvalue weighted by Gasteiger charge is -2.11. The Morgan fingerprint density at radius 3 is 2.77 bits per heavy atom. The number of nitrogens with one attached hydrogen (secondary N) is 3. The topological polar surface area (TPSA) is 78.5 Å². The molecule has 2 aromatic carbocycles. The molecule has 0 atom stereocenters. The van der Waals surface area contributed by atoms with Gasteiger partial charge in [-0.15, -0.1) is 0 Å². The van der Waals surface area contributed by atoms with Gasteiger partial charge in [0, 0.05) is 17.4 Å². The van der Waals surface area contributed by atoms with Crippen molar-refractivity contribution in [2.24, 2.45) is 4.99 Å². The van der Waals surface area contributed by atoms with Crippen molar-refractivity contribution in [1.82, 2.24) is 4.98 Å². The molecule has 3 aromatic rings. The number of hydrogen-bond acceptors (Lipinski definition) is 3. The summed E-state index contributed by atoms with van der Waals surface area (Å²) in [5.74, 6) is 0.888. The number of amides is 1. The third kappa shape index (κ3) is 3.96. The number of rotatable bonds is 5. The summed E-state index contributed by atoms with van der Waals surface area (Å²) in [5.41, 5.74) is 4.42. The van der Waals surface area contributed by atoms with Crippen LogP contribution in [0.2, 0.25) is 0 Å². The number of hydrogen-bond donors (Lipinski definition) is 3. The quantitative estimate of drug-likeness (QED) is 0.328. The number of carbonyl (C=O) groups is 1. The smallest absolute Gasteiger partial charge is 0.256 e. The summed E-state index contributed by atoms with van der Waals surface area (Å²) in [6.07, 6.45) is 3.53. The molecular weight excluding hydrogens is 383 g/mol. The van der Waals surface area contributed by atoms with Gasteiger partial charge in [-0.25, -0.2) is 4.39 Å². The van der Waals surface area contributed by atoms with E-state index in [0.717, 1.165) is 22.5 Å². The highest BCUT2D eigenvalue weighted by atomic mass is 19.1. The lowest BCUT2D eigenvalue weighted by Crippen LogP contribution is -2.09. The van der Waals surface area contributed by atoms with Crippen LogP contribution < -0.4 is 15.4 Å². The average molecular weight is 404 g/mol. The van der Waals surface area contributed by atoms with Gasteiger partial charge in [-0.2, -0.15) is 0 Å². The molecule has 1 aliphatic heterocycles. The van der Waals surface area contributed by atoms with Crippen LogP contribution >= 0.6 is 0 Å². The highest BCUT2D eigenvalue weighted by Crippen LogP contribution is 2.39. The molecule has 1 aromatic heterocycles. The van der Waals surface area contributed by atoms with E-state index in [4.69, 9.17) is 4.74 Å². The van der Waals surface area contributed by atoms with E-state index in [1.807, 2.05) is 25.1 Å². The van der Waals surface area contributed by atoms with Crippen molar-refractivity contribution >= 4 is 34.8 Å². The fourth-order valence-electron chi connectivity index (χ4n) is 3.33. The highest BCUT2D eigenvalue weighted by Gasteiger charge is 2.27. The number of carbonyl (C=O) groups excluding carboxylic acids is 1. The molecule has 2 heterocycles. The number of anilines is 2. The summed E-state index contributed by atoms with van der Waals surface area (Å²) >= 11 is 0. The van der Waals surface area contributed by atoms with E-state index in [1.165, 1.54) is 12.1 Å². The van der Waals surface area contributed by atoms with Crippen LogP contribution in [0.25, 0.3) is 11.6 Å². The molecule has 4 rings (SSSR count). The maximum Gasteiger partial charge on any atom is 0.256 e. The van der Waals surface area contributed by atoms with Crippen molar-refractivity contribution < 1.29 is 13.9 Å². The molecule has 0 saturated heterocycles. The first kappa shape index (κ1) is 19.4. The van der Waals surface area contributed by atoms with Crippen LogP contribution in [-0.4, -0.2) is 23.8 Å². The van der Waals surface area contributed by atoms with E-state index < -0.39 is 0 Å². The molecule has 152 valence electrons. The van der Waals surface area contributed by atoms with Gasteiger partial charge in [0.15, 0.2) is 0 Å². The Labute approximate surface area is 173 Å². The molecule has 7 heteroatoms. The number of halogens is 1. The lowest BCUT2D eigenvalue weighted by atomic mass is 10.0. The normalized spacial score (nSPS) is 14.6. The fraction of sp³-hybridized carbons (Fsp3) is 0.130. The van der Waals surface area contributed by atoms with Crippen LogP contribution in [-0.2, 0) is 11.3 Å². The van der Waals surface area contributed by atoms with Crippen LogP contribution in [0, 0.1) is 5.82 Å². The van der Waals surface area contributed by atoms with E-state index in [9.17, 15) is 9.18 Å². The average Bonchev–Trinajstić information content (AvgIpc) is 3.32. The molecule has 0 saturated carbocycles. The Morgan fingerprint density at radius 1 is 1.20 bits per heavy atom. The van der Waals surface area contributed by atoms with Gasteiger partial charge in [-0.1, -0.05) is 18.2 Å². The predicted octanol–water partition coefficient (Wildman–Crippen LogP) is 4.69. The third-order valence-electron chi connectivity index (χ3n) is 4.80. The molecular formula is C23H21FN4O2. The number of aromatic amines is 1. The Kier molecular flexibility index (Phi) is 5.34. The van der Waals surface area contributed by atoms with Crippen LogP contribution in [0.5, 0.6) is 5.75 Å². The fourth-order valence-corrected chi connectivity index (χ4v) is 3.33. The van der Waals surface area contributed by atoms with Crippen molar-refractivity contribution in [3.63, 3.8) is 0 Å². The Hall–Kier alpha value is -3.87. The van der Waals surface area contributed by atoms with Gasteiger partial charge >= 0.3 is 0 Å². The highest BCUT2D eigenvalue weighted by molar-refractivity contribution is 6.36. The zero-order valence-corrected chi connectivity index (χ0v) is 16.6. The Morgan fingerprint density at radius 2 is 2.00 bits per heavy atom. The molecule has 30 heavy (non-hydrogen) atoms. The first-order valence-electron chi connectivity index (χ1n) is 9.45. The number of methoxy groups -OCH3 is 1. The predicted molar refractivity (Wildman–Crippen MR) is 117 cm³/mol. The standard InChI is InChI=1S/C23H21FN4O2/c1-14(26-13-15-6-8-16(24)9-7-15)27-18-4-3-5-19-22(18)17(23(29)28-19)12-20-21(30-2)10-11-25-20/h3-12,25H,13H2,1-2H3,(H,26,27)(H,28,29)/b17-12-.